The lowest BCUT2D eigenvalue weighted by atomic mass is 10.1. The molecule has 1 aliphatic heterocycles. The largest absolute Gasteiger partial charge is 0.418 e. The standard InChI is InChI=1S/C12H20N3O15P3/c1-4(17)13-9-5(30-33(27,28)12(31(21,22)23)32(24,25)26)2-15(11(20)14-9)10-8(19)7(18)6(3-16)29-10/h2,6-8,10,12,16,18-19H,3H2,1H3,(H,27,28)(H2,21,22,23)(H2,24,25,26)(H,13,14,17,20)/t6-,7-,8-,10-/m1/s1. The van der Waals surface area contributed by atoms with Crippen LogP contribution < -0.4 is 15.5 Å². The first-order valence-corrected chi connectivity index (χ1v) is 13.6. The molecule has 0 bridgehead atoms. The first-order valence-electron chi connectivity index (χ1n) is 8.56. The molecule has 9 N–H and O–H groups in total. The number of hydrogen-bond acceptors (Lipinski definition) is 11. The molecule has 188 valence electrons. The maximum absolute atomic E-state index is 12.5. The Bertz CT molecular complexity index is 1090. The Morgan fingerprint density at radius 3 is 2.15 bits per heavy atom. The quantitative estimate of drug-likeness (QED) is 0.149. The van der Waals surface area contributed by atoms with E-state index in [1.54, 1.807) is 0 Å². The Kier molecular flexibility index (Phi) is 8.08. The third-order valence-corrected chi connectivity index (χ3v) is 11.7. The van der Waals surface area contributed by atoms with Gasteiger partial charge in [-0.25, -0.2) is 9.36 Å². The summed E-state index contributed by atoms with van der Waals surface area (Å²) in [6, 6.07) is 0. The van der Waals surface area contributed by atoms with Crippen molar-refractivity contribution in [1.82, 2.24) is 9.55 Å². The highest BCUT2D eigenvalue weighted by molar-refractivity contribution is 7.87. The van der Waals surface area contributed by atoms with Crippen LogP contribution in [0.1, 0.15) is 13.2 Å². The number of carbonyl (C=O) groups is 1. The maximum atomic E-state index is 12.5. The number of aromatic nitrogens is 2. The van der Waals surface area contributed by atoms with E-state index in [1.807, 2.05) is 5.32 Å². The van der Waals surface area contributed by atoms with Crippen LogP contribution >= 0.6 is 22.8 Å². The summed E-state index contributed by atoms with van der Waals surface area (Å²) in [5.74, 6) is -2.88. The maximum Gasteiger partial charge on any atom is 0.404 e. The van der Waals surface area contributed by atoms with Crippen molar-refractivity contribution >= 4 is 34.5 Å². The molecule has 1 fully saturated rings. The first-order chi connectivity index (χ1) is 14.9. The van der Waals surface area contributed by atoms with Gasteiger partial charge in [-0.05, 0) is 0 Å². The summed E-state index contributed by atoms with van der Waals surface area (Å²) >= 11 is 0. The van der Waals surface area contributed by atoms with Crippen LogP contribution in [-0.2, 0) is 23.2 Å². The van der Waals surface area contributed by atoms with Crippen LogP contribution in [0.15, 0.2) is 11.0 Å². The zero-order chi connectivity index (χ0) is 25.5. The van der Waals surface area contributed by atoms with E-state index in [1.165, 1.54) is 0 Å². The Labute approximate surface area is 183 Å². The molecule has 5 atom stereocenters. The Balaban J connectivity index is 2.63. The summed E-state index contributed by atoms with van der Waals surface area (Å²) in [5.41, 5.74) is -1.30. The molecule has 1 aromatic rings. The van der Waals surface area contributed by atoms with E-state index in [-0.39, 0.29) is 0 Å². The number of hydrogen-bond donors (Lipinski definition) is 9. The Hall–Kier alpha value is -1.52. The average molecular weight is 539 g/mol. The highest BCUT2D eigenvalue weighted by atomic mass is 31.3. The van der Waals surface area contributed by atoms with Gasteiger partial charge in [-0.15, -0.1) is 0 Å². The number of ether oxygens (including phenoxy) is 1. The molecule has 0 aliphatic carbocycles. The summed E-state index contributed by atoms with van der Waals surface area (Å²) in [7, 11) is -17.9. The Morgan fingerprint density at radius 1 is 1.18 bits per heavy atom. The van der Waals surface area contributed by atoms with E-state index in [0.29, 0.717) is 10.8 Å². The van der Waals surface area contributed by atoms with Crippen molar-refractivity contribution in [2.75, 3.05) is 11.9 Å². The second kappa shape index (κ2) is 9.62. The van der Waals surface area contributed by atoms with Crippen LogP contribution in [0, 0.1) is 0 Å². The number of carbonyl (C=O) groups excluding carboxylic acids is 1. The van der Waals surface area contributed by atoms with E-state index >= 15 is 0 Å². The molecule has 0 aromatic carbocycles. The number of rotatable bonds is 8. The van der Waals surface area contributed by atoms with Gasteiger partial charge in [0.05, 0.1) is 12.8 Å². The fraction of sp³-hybridized carbons (Fsp3) is 0.583. The number of nitrogens with zero attached hydrogens (tertiary/aromatic N) is 2. The van der Waals surface area contributed by atoms with Crippen LogP contribution in [0.2, 0.25) is 0 Å². The van der Waals surface area contributed by atoms with Crippen LogP contribution in [0.25, 0.3) is 0 Å². The highest BCUT2D eigenvalue weighted by Crippen LogP contribution is 2.75. The topological polar surface area (TPSA) is 295 Å². The lowest BCUT2D eigenvalue weighted by Gasteiger charge is -2.25. The van der Waals surface area contributed by atoms with Crippen molar-refractivity contribution in [2.24, 2.45) is 0 Å². The van der Waals surface area contributed by atoms with Crippen molar-refractivity contribution in [1.29, 1.82) is 0 Å². The minimum Gasteiger partial charge on any atom is -0.418 e. The van der Waals surface area contributed by atoms with Gasteiger partial charge in [0.1, 0.15) is 18.3 Å². The number of anilines is 1. The van der Waals surface area contributed by atoms with E-state index < -0.39 is 82.2 Å². The van der Waals surface area contributed by atoms with Gasteiger partial charge in [-0.1, -0.05) is 0 Å². The third kappa shape index (κ3) is 6.14. The van der Waals surface area contributed by atoms with Gasteiger partial charge in [-0.3, -0.25) is 18.5 Å². The third-order valence-electron chi connectivity index (χ3n) is 4.13. The molecule has 1 saturated heterocycles. The number of amides is 1. The van der Waals surface area contributed by atoms with E-state index in [2.05, 4.69) is 9.51 Å². The molecule has 1 amide bonds. The molecule has 1 unspecified atom stereocenters. The van der Waals surface area contributed by atoms with Gasteiger partial charge in [0.15, 0.2) is 17.8 Å². The zero-order valence-electron chi connectivity index (χ0n) is 16.3. The number of aliphatic hydroxyl groups is 3. The lowest BCUT2D eigenvalue weighted by Crippen LogP contribution is -2.36. The molecule has 33 heavy (non-hydrogen) atoms. The molecular weight excluding hydrogens is 519 g/mol. The molecule has 0 saturated carbocycles. The Morgan fingerprint density at radius 2 is 1.73 bits per heavy atom. The van der Waals surface area contributed by atoms with Crippen molar-refractivity contribution in [3.8, 4) is 5.75 Å². The van der Waals surface area contributed by atoms with Crippen LogP contribution in [0.4, 0.5) is 5.82 Å². The fourth-order valence-electron chi connectivity index (χ4n) is 2.83. The average Bonchev–Trinajstić information content (AvgIpc) is 2.88. The minimum absolute atomic E-state index is 0.383. The molecular formula is C12H20N3O15P3. The van der Waals surface area contributed by atoms with Gasteiger partial charge in [0.25, 0.3) is 5.14 Å². The molecule has 1 aliphatic rings. The summed E-state index contributed by atoms with van der Waals surface area (Å²) in [4.78, 5) is 73.9. The molecule has 18 nitrogen and oxygen atoms in total. The zero-order valence-corrected chi connectivity index (χ0v) is 19.0. The predicted molar refractivity (Wildman–Crippen MR) is 104 cm³/mol. The van der Waals surface area contributed by atoms with Gasteiger partial charge in [0.2, 0.25) is 5.91 Å². The smallest absolute Gasteiger partial charge is 0.404 e. The minimum atomic E-state index is -5.98. The van der Waals surface area contributed by atoms with Gasteiger partial charge < -0.3 is 54.4 Å². The molecule has 0 spiro atoms. The van der Waals surface area contributed by atoms with Crippen LogP contribution in [0.5, 0.6) is 5.75 Å². The number of aliphatic hydroxyl groups excluding tert-OH is 3. The van der Waals surface area contributed by atoms with E-state index in [0.717, 1.165) is 6.92 Å². The normalized spacial score (nSPS) is 25.6. The van der Waals surface area contributed by atoms with Gasteiger partial charge in [-0.2, -0.15) is 4.98 Å². The molecule has 2 rings (SSSR count). The summed E-state index contributed by atoms with van der Waals surface area (Å²) in [5, 5.41) is 27.5. The lowest BCUT2D eigenvalue weighted by molar-refractivity contribution is -0.114. The monoisotopic (exact) mass is 539 g/mol. The second-order valence-electron chi connectivity index (χ2n) is 6.73. The summed E-state index contributed by atoms with van der Waals surface area (Å²) in [6.07, 6.45) is -6.19. The van der Waals surface area contributed by atoms with E-state index in [4.69, 9.17) is 9.84 Å². The molecule has 0 radical (unpaired) electrons. The van der Waals surface area contributed by atoms with Crippen molar-refractivity contribution in [3.05, 3.63) is 16.7 Å². The van der Waals surface area contributed by atoms with Crippen LogP contribution in [0.3, 0.4) is 0 Å². The van der Waals surface area contributed by atoms with Crippen molar-refractivity contribution in [2.45, 2.75) is 36.6 Å². The van der Waals surface area contributed by atoms with Crippen LogP contribution in [-0.4, -0.2) is 85.3 Å². The van der Waals surface area contributed by atoms with Gasteiger partial charge >= 0.3 is 28.5 Å². The fourth-order valence-corrected chi connectivity index (χ4v) is 8.23. The summed E-state index contributed by atoms with van der Waals surface area (Å²) in [6.45, 7) is 0.123. The summed E-state index contributed by atoms with van der Waals surface area (Å²) < 4.78 is 45.6. The van der Waals surface area contributed by atoms with Gasteiger partial charge in [0, 0.05) is 6.92 Å². The van der Waals surface area contributed by atoms with Crippen molar-refractivity contribution in [3.63, 3.8) is 0 Å². The van der Waals surface area contributed by atoms with Crippen molar-refractivity contribution < 1.29 is 67.5 Å². The first kappa shape index (κ1) is 27.7. The predicted octanol–water partition coefficient (Wildman–Crippen LogP) is -2.98. The SMILES string of the molecule is CC(=O)Nc1nc(=O)n([C@@H]2O[C@H](CO)[C@@H](O)[C@H]2O)cc1OP(=O)(O)C(P(=O)(O)O)P(=O)(O)O. The van der Waals surface area contributed by atoms with E-state index in [9.17, 15) is 58.0 Å². The molecule has 2 heterocycles. The molecule has 1 aromatic heterocycles. The second-order valence-corrected chi connectivity index (χ2v) is 13.2. The highest BCUT2D eigenvalue weighted by Gasteiger charge is 2.58. The molecule has 21 heteroatoms. The number of nitrogens with one attached hydrogen (secondary N) is 1.